The first-order valence-electron chi connectivity index (χ1n) is 12.0. The average molecular weight is 493 g/mol. The average Bonchev–Trinajstić information content (AvgIpc) is 2.88. The molecule has 4 rings (SSSR count). The molecule has 1 heterocycles. The Morgan fingerprint density at radius 1 is 0.971 bits per heavy atom. The lowest BCUT2D eigenvalue weighted by Crippen LogP contribution is -2.42. The van der Waals surface area contributed by atoms with Gasteiger partial charge in [0.15, 0.2) is 0 Å². The van der Waals surface area contributed by atoms with Gasteiger partial charge in [0.25, 0.3) is 0 Å². The third-order valence-electron chi connectivity index (χ3n) is 6.79. The Bertz CT molecular complexity index is 1260. The number of pyridine rings is 1. The fraction of sp³-hybridized carbons (Fsp3) is 0.357. The molecule has 0 spiro atoms. The maximum absolute atomic E-state index is 13.7. The molecule has 1 saturated carbocycles. The molecule has 0 atom stereocenters. The van der Waals surface area contributed by atoms with Gasteiger partial charge in [0.1, 0.15) is 21.4 Å². The molecule has 3 aromatic rings. The first-order chi connectivity index (χ1) is 16.8. The summed E-state index contributed by atoms with van der Waals surface area (Å²) < 4.78 is 28.1. The lowest BCUT2D eigenvalue weighted by atomic mass is 9.68. The Hall–Kier alpha value is -3.19. The summed E-state index contributed by atoms with van der Waals surface area (Å²) >= 11 is 0. The molecule has 0 radical (unpaired) electrons. The number of anilines is 1. The molecule has 1 aliphatic carbocycles. The van der Waals surface area contributed by atoms with Crippen molar-refractivity contribution in [1.82, 2.24) is 4.98 Å². The van der Waals surface area contributed by atoms with Gasteiger partial charge < -0.3 is 10.1 Å². The minimum Gasteiger partial charge on any atom is -0.497 e. The fourth-order valence-corrected chi connectivity index (χ4v) is 5.37. The van der Waals surface area contributed by atoms with Gasteiger partial charge in [-0.05, 0) is 54.7 Å². The molecule has 0 bridgehead atoms. The van der Waals surface area contributed by atoms with E-state index in [0.717, 1.165) is 60.2 Å². The molecule has 6 nitrogen and oxygen atoms in total. The summed E-state index contributed by atoms with van der Waals surface area (Å²) in [5, 5.41) is 3.09. The number of amides is 1. The van der Waals surface area contributed by atoms with Crippen molar-refractivity contribution >= 4 is 21.6 Å². The molecule has 0 aliphatic heterocycles. The Balaban J connectivity index is 1.53. The van der Waals surface area contributed by atoms with Crippen molar-refractivity contribution in [3.05, 3.63) is 77.9 Å². The van der Waals surface area contributed by atoms with Crippen LogP contribution in [0.1, 0.15) is 43.2 Å². The van der Waals surface area contributed by atoms with Gasteiger partial charge in [-0.25, -0.2) is 13.4 Å². The highest BCUT2D eigenvalue weighted by atomic mass is 32.2. The summed E-state index contributed by atoms with van der Waals surface area (Å²) in [5.41, 5.74) is 3.05. The summed E-state index contributed by atoms with van der Waals surface area (Å²) in [7, 11) is -1.36. The van der Waals surface area contributed by atoms with Gasteiger partial charge in [0.05, 0.1) is 24.0 Å². The topological polar surface area (TPSA) is 85.4 Å². The van der Waals surface area contributed by atoms with E-state index in [9.17, 15) is 13.2 Å². The number of sulfone groups is 1. The lowest BCUT2D eigenvalue weighted by molar-refractivity contribution is -0.122. The Kier molecular flexibility index (Phi) is 7.55. The second-order valence-corrected chi connectivity index (χ2v) is 11.6. The monoisotopic (exact) mass is 492 g/mol. The number of nitrogens with one attached hydrogen (secondary N) is 1. The molecule has 1 aliphatic rings. The van der Waals surface area contributed by atoms with E-state index in [1.165, 1.54) is 6.26 Å². The van der Waals surface area contributed by atoms with Crippen LogP contribution in [0, 0.1) is 0 Å². The first-order valence-corrected chi connectivity index (χ1v) is 14.1. The molecule has 2 aromatic carbocycles. The number of hydrogen-bond donors (Lipinski definition) is 1. The maximum Gasteiger partial charge on any atom is 0.236 e. The highest BCUT2D eigenvalue weighted by Crippen LogP contribution is 2.41. The highest BCUT2D eigenvalue weighted by molar-refractivity contribution is 7.90. The lowest BCUT2D eigenvalue weighted by Gasteiger charge is -2.36. The van der Waals surface area contributed by atoms with E-state index in [0.29, 0.717) is 12.2 Å². The number of ether oxygens (including phenoxy) is 1. The Labute approximate surface area is 207 Å². The number of methoxy groups -OCH3 is 1. The molecule has 0 unspecified atom stereocenters. The molecule has 35 heavy (non-hydrogen) atoms. The molecule has 0 saturated heterocycles. The Morgan fingerprint density at radius 2 is 1.66 bits per heavy atom. The molecular formula is C28H32N2O4S. The standard InChI is InChI=1S/C28H32N2O4S/c1-34-24-15-13-23(14-16-24)28(18-4-3-5-19-28)27(31)30-26-8-6-7-25(29-26)22-11-9-21(10-12-22)17-20-35(2,32)33/h6-16H,3-5,17-20H2,1-2H3,(H,29,30,31). The van der Waals surface area contributed by atoms with Gasteiger partial charge in [-0.1, -0.05) is 61.7 Å². The van der Waals surface area contributed by atoms with Crippen LogP contribution in [0.15, 0.2) is 66.7 Å². The highest BCUT2D eigenvalue weighted by Gasteiger charge is 2.41. The van der Waals surface area contributed by atoms with Gasteiger partial charge in [-0.15, -0.1) is 0 Å². The molecule has 184 valence electrons. The van der Waals surface area contributed by atoms with Gasteiger partial charge in [-0.2, -0.15) is 0 Å². The summed E-state index contributed by atoms with van der Waals surface area (Å²) in [5.74, 6) is 1.40. The van der Waals surface area contributed by atoms with Crippen LogP contribution in [0.5, 0.6) is 5.75 Å². The van der Waals surface area contributed by atoms with E-state index in [4.69, 9.17) is 9.72 Å². The minimum atomic E-state index is -3.00. The van der Waals surface area contributed by atoms with E-state index >= 15 is 0 Å². The molecule has 7 heteroatoms. The maximum atomic E-state index is 13.7. The normalized spacial score (nSPS) is 15.4. The zero-order chi connectivity index (χ0) is 24.9. The first kappa shape index (κ1) is 24.9. The molecule has 1 aromatic heterocycles. The largest absolute Gasteiger partial charge is 0.497 e. The van der Waals surface area contributed by atoms with Gasteiger partial charge in [0, 0.05) is 11.8 Å². The van der Waals surface area contributed by atoms with E-state index < -0.39 is 15.3 Å². The van der Waals surface area contributed by atoms with Crippen LogP contribution in [0.25, 0.3) is 11.3 Å². The number of carbonyl (C=O) groups excluding carboxylic acids is 1. The molecular weight excluding hydrogens is 460 g/mol. The molecule has 1 fully saturated rings. The second-order valence-electron chi connectivity index (χ2n) is 9.31. The van der Waals surface area contributed by atoms with Crippen molar-refractivity contribution in [2.75, 3.05) is 24.4 Å². The van der Waals surface area contributed by atoms with Gasteiger partial charge in [-0.3, -0.25) is 4.79 Å². The molecule has 1 amide bonds. The summed E-state index contributed by atoms with van der Waals surface area (Å²) in [6.45, 7) is 0. The van der Waals surface area contributed by atoms with Crippen LogP contribution in [0.3, 0.4) is 0 Å². The van der Waals surface area contributed by atoms with Crippen LogP contribution in [0.2, 0.25) is 0 Å². The smallest absolute Gasteiger partial charge is 0.236 e. The zero-order valence-corrected chi connectivity index (χ0v) is 21.1. The van der Waals surface area contributed by atoms with Gasteiger partial charge in [0.2, 0.25) is 5.91 Å². The van der Waals surface area contributed by atoms with Crippen LogP contribution in [0.4, 0.5) is 5.82 Å². The van der Waals surface area contributed by atoms with Gasteiger partial charge >= 0.3 is 0 Å². The second kappa shape index (κ2) is 10.6. The number of aryl methyl sites for hydroxylation is 1. The minimum absolute atomic E-state index is 0.0249. The SMILES string of the molecule is COc1ccc(C2(C(=O)Nc3cccc(-c4ccc(CCS(C)(=O)=O)cc4)n3)CCCCC2)cc1. The van der Waals surface area contributed by atoms with Crippen LogP contribution < -0.4 is 10.1 Å². The fourth-order valence-electron chi connectivity index (χ4n) is 4.76. The molecule has 1 N–H and O–H groups in total. The van der Waals surface area contributed by atoms with Crippen molar-refractivity contribution in [3.63, 3.8) is 0 Å². The Morgan fingerprint density at radius 3 is 2.29 bits per heavy atom. The van der Waals surface area contributed by atoms with Crippen molar-refractivity contribution in [3.8, 4) is 17.0 Å². The van der Waals surface area contributed by atoms with Crippen LogP contribution in [-0.2, 0) is 26.5 Å². The number of hydrogen-bond acceptors (Lipinski definition) is 5. The van der Waals surface area contributed by atoms with Crippen LogP contribution >= 0.6 is 0 Å². The van der Waals surface area contributed by atoms with Crippen LogP contribution in [-0.4, -0.2) is 38.4 Å². The van der Waals surface area contributed by atoms with Crippen molar-refractivity contribution < 1.29 is 17.9 Å². The summed E-state index contributed by atoms with van der Waals surface area (Å²) in [4.78, 5) is 18.4. The summed E-state index contributed by atoms with van der Waals surface area (Å²) in [6.07, 6.45) is 6.50. The predicted octanol–water partition coefficient (Wildman–Crippen LogP) is 5.18. The number of carbonyl (C=O) groups is 1. The number of aromatic nitrogens is 1. The number of rotatable bonds is 8. The van der Waals surface area contributed by atoms with Crippen molar-refractivity contribution in [2.24, 2.45) is 0 Å². The zero-order valence-electron chi connectivity index (χ0n) is 20.3. The van der Waals surface area contributed by atoms with E-state index in [-0.39, 0.29) is 11.7 Å². The van der Waals surface area contributed by atoms with Crippen molar-refractivity contribution in [2.45, 2.75) is 43.9 Å². The van der Waals surface area contributed by atoms with E-state index in [1.807, 2.05) is 66.7 Å². The number of benzene rings is 2. The summed E-state index contributed by atoms with van der Waals surface area (Å²) in [6, 6.07) is 21.1. The third-order valence-corrected chi connectivity index (χ3v) is 7.73. The quantitative estimate of drug-likeness (QED) is 0.468. The number of nitrogens with zero attached hydrogens (tertiary/aromatic N) is 1. The van der Waals surface area contributed by atoms with E-state index in [2.05, 4.69) is 5.32 Å². The third kappa shape index (κ3) is 6.09. The van der Waals surface area contributed by atoms with E-state index in [1.54, 1.807) is 7.11 Å². The van der Waals surface area contributed by atoms with Crippen molar-refractivity contribution in [1.29, 1.82) is 0 Å². The predicted molar refractivity (Wildman–Crippen MR) is 139 cm³/mol.